The minimum absolute atomic E-state index is 0.332. The summed E-state index contributed by atoms with van der Waals surface area (Å²) in [6.45, 7) is 8.91. The molecule has 3 fully saturated rings. The van der Waals surface area contributed by atoms with Gasteiger partial charge in [-0.25, -0.2) is 23.8 Å². The maximum atomic E-state index is 14.0. The molecule has 13 heteroatoms. The van der Waals surface area contributed by atoms with Gasteiger partial charge in [0.25, 0.3) is 0 Å². The third-order valence-corrected chi connectivity index (χ3v) is 8.14. The number of amides is 1. The second-order valence-electron chi connectivity index (χ2n) is 10.9. The first-order chi connectivity index (χ1) is 21.4. The van der Waals surface area contributed by atoms with Gasteiger partial charge in [-0.05, 0) is 36.3 Å². The standard InChI is InChI=1S/C31H35F2N7O4/c1-3-31(41)37-24-15-25(28(42-2)16-27(24)39-6-4-23(18-39)38-7-10-43-11-8-38)36-29-17-30(35-19-34-29)40-26(5-9-44-40)20-12-21(32)14-22(33)13-20/h3,12-17,19,23,26H,1,4-11,18H2,2H3,(H,37,41)(H,34,35,36)/t23-,26-/m1/s1. The van der Waals surface area contributed by atoms with Crippen LogP contribution in [0.1, 0.15) is 24.4 Å². The molecule has 0 unspecified atom stereocenters. The zero-order valence-corrected chi connectivity index (χ0v) is 24.5. The highest BCUT2D eigenvalue weighted by molar-refractivity contribution is 6.02. The first kappa shape index (κ1) is 29.7. The molecular weight excluding hydrogens is 572 g/mol. The Morgan fingerprint density at radius 2 is 1.82 bits per heavy atom. The third-order valence-electron chi connectivity index (χ3n) is 8.14. The fourth-order valence-corrected chi connectivity index (χ4v) is 6.02. The van der Waals surface area contributed by atoms with Gasteiger partial charge in [0.1, 0.15) is 29.5 Å². The zero-order chi connectivity index (χ0) is 30.6. The molecule has 0 spiro atoms. The minimum atomic E-state index is -0.655. The molecule has 3 saturated heterocycles. The molecule has 44 heavy (non-hydrogen) atoms. The summed E-state index contributed by atoms with van der Waals surface area (Å²) in [6.07, 6.45) is 4.14. The van der Waals surface area contributed by atoms with E-state index in [9.17, 15) is 13.6 Å². The molecule has 4 heterocycles. The average molecular weight is 608 g/mol. The van der Waals surface area contributed by atoms with Crippen LogP contribution in [0.25, 0.3) is 0 Å². The van der Waals surface area contributed by atoms with Crippen molar-refractivity contribution >= 4 is 34.6 Å². The fourth-order valence-electron chi connectivity index (χ4n) is 6.02. The maximum absolute atomic E-state index is 14.0. The molecule has 2 atom stereocenters. The molecule has 3 aliphatic heterocycles. The first-order valence-electron chi connectivity index (χ1n) is 14.6. The third kappa shape index (κ3) is 6.44. The second kappa shape index (κ2) is 13.1. The number of rotatable bonds is 9. The highest BCUT2D eigenvalue weighted by Crippen LogP contribution is 2.41. The topological polar surface area (TPSA) is 104 Å². The number of ether oxygens (including phenoxy) is 2. The van der Waals surface area contributed by atoms with Crippen molar-refractivity contribution in [1.29, 1.82) is 0 Å². The van der Waals surface area contributed by atoms with Crippen molar-refractivity contribution in [3.63, 3.8) is 0 Å². The van der Waals surface area contributed by atoms with Gasteiger partial charge in [0, 0.05) is 56.8 Å². The molecule has 0 bridgehead atoms. The molecule has 1 amide bonds. The number of anilines is 5. The number of carbonyl (C=O) groups is 1. The van der Waals surface area contributed by atoms with E-state index in [0.29, 0.717) is 53.4 Å². The normalized spacial score (nSPS) is 20.5. The van der Waals surface area contributed by atoms with Crippen LogP contribution in [0.3, 0.4) is 0 Å². The number of methoxy groups -OCH3 is 1. The van der Waals surface area contributed by atoms with Gasteiger partial charge in [-0.15, -0.1) is 0 Å². The summed E-state index contributed by atoms with van der Waals surface area (Å²) in [4.78, 5) is 31.7. The van der Waals surface area contributed by atoms with Gasteiger partial charge < -0.3 is 25.0 Å². The molecule has 1 aromatic heterocycles. The Hall–Kier alpha value is -4.33. The van der Waals surface area contributed by atoms with Gasteiger partial charge in [-0.1, -0.05) is 6.58 Å². The van der Waals surface area contributed by atoms with E-state index in [-0.39, 0.29) is 5.91 Å². The van der Waals surface area contributed by atoms with Crippen molar-refractivity contribution in [2.45, 2.75) is 24.9 Å². The van der Waals surface area contributed by atoms with Crippen LogP contribution < -0.4 is 25.3 Å². The number of hydrogen-bond acceptors (Lipinski definition) is 10. The molecule has 6 rings (SSSR count). The number of nitrogens with one attached hydrogen (secondary N) is 2. The van der Waals surface area contributed by atoms with E-state index in [2.05, 4.69) is 37.0 Å². The van der Waals surface area contributed by atoms with Gasteiger partial charge in [-0.3, -0.25) is 14.5 Å². The fraction of sp³-hybridized carbons (Fsp3) is 0.387. The van der Waals surface area contributed by atoms with E-state index < -0.39 is 17.7 Å². The van der Waals surface area contributed by atoms with E-state index in [1.807, 2.05) is 12.1 Å². The van der Waals surface area contributed by atoms with E-state index in [1.54, 1.807) is 13.2 Å². The van der Waals surface area contributed by atoms with Crippen molar-refractivity contribution in [2.75, 3.05) is 73.7 Å². The molecule has 11 nitrogen and oxygen atoms in total. The molecular formula is C31H35F2N7O4. The summed E-state index contributed by atoms with van der Waals surface area (Å²) in [5, 5.41) is 7.76. The van der Waals surface area contributed by atoms with Crippen molar-refractivity contribution < 1.29 is 27.9 Å². The number of nitrogens with zero attached hydrogens (tertiary/aromatic N) is 5. The molecule has 232 valence electrons. The monoisotopic (exact) mass is 607 g/mol. The Morgan fingerprint density at radius 3 is 2.57 bits per heavy atom. The van der Waals surface area contributed by atoms with Crippen molar-refractivity contribution in [2.24, 2.45) is 0 Å². The number of aromatic nitrogens is 2. The van der Waals surface area contributed by atoms with Crippen LogP contribution in [-0.4, -0.2) is 79.9 Å². The van der Waals surface area contributed by atoms with Crippen LogP contribution in [0.2, 0.25) is 0 Å². The van der Waals surface area contributed by atoms with Gasteiger partial charge >= 0.3 is 0 Å². The lowest BCUT2D eigenvalue weighted by Crippen LogP contribution is -2.44. The maximum Gasteiger partial charge on any atom is 0.247 e. The number of benzene rings is 2. The number of halogens is 2. The number of carbonyl (C=O) groups excluding carboxylic acids is 1. The van der Waals surface area contributed by atoms with Crippen LogP contribution in [0.15, 0.2) is 55.4 Å². The van der Waals surface area contributed by atoms with Gasteiger partial charge in [0.15, 0.2) is 5.82 Å². The number of hydrogen-bond donors (Lipinski definition) is 2. The quantitative estimate of drug-likeness (QED) is 0.340. The molecule has 0 saturated carbocycles. The van der Waals surface area contributed by atoms with Gasteiger partial charge in [-0.2, -0.15) is 0 Å². The molecule has 0 aliphatic carbocycles. The molecule has 3 aliphatic rings. The Bertz CT molecular complexity index is 1500. The lowest BCUT2D eigenvalue weighted by molar-refractivity contribution is -0.111. The highest BCUT2D eigenvalue weighted by atomic mass is 19.1. The zero-order valence-electron chi connectivity index (χ0n) is 24.5. The Labute approximate surface area is 254 Å². The Kier molecular flexibility index (Phi) is 8.87. The van der Waals surface area contributed by atoms with E-state index >= 15 is 0 Å². The summed E-state index contributed by atoms with van der Waals surface area (Å²) in [5.74, 6) is -0.250. The molecule has 0 radical (unpaired) electrons. The summed E-state index contributed by atoms with van der Waals surface area (Å²) in [5.41, 5.74) is 2.46. The Balaban J connectivity index is 1.26. The second-order valence-corrected chi connectivity index (χ2v) is 10.9. The van der Waals surface area contributed by atoms with Crippen LogP contribution in [0.5, 0.6) is 5.75 Å². The molecule has 2 aromatic carbocycles. The number of hydroxylamine groups is 1. The lowest BCUT2D eigenvalue weighted by atomic mass is 10.0. The van der Waals surface area contributed by atoms with Crippen molar-refractivity contribution in [3.8, 4) is 5.75 Å². The predicted molar refractivity (Wildman–Crippen MR) is 162 cm³/mol. The average Bonchev–Trinajstić information content (AvgIpc) is 3.72. The van der Waals surface area contributed by atoms with Gasteiger partial charge in [0.2, 0.25) is 5.91 Å². The van der Waals surface area contributed by atoms with Crippen molar-refractivity contribution in [3.05, 3.63) is 72.6 Å². The van der Waals surface area contributed by atoms with E-state index in [1.165, 1.54) is 29.6 Å². The first-order valence-corrected chi connectivity index (χ1v) is 14.6. The van der Waals surface area contributed by atoms with Gasteiger partial charge in [0.05, 0.1) is 50.0 Å². The predicted octanol–water partition coefficient (Wildman–Crippen LogP) is 4.43. The summed E-state index contributed by atoms with van der Waals surface area (Å²) in [7, 11) is 1.58. The highest BCUT2D eigenvalue weighted by Gasteiger charge is 2.32. The smallest absolute Gasteiger partial charge is 0.247 e. The summed E-state index contributed by atoms with van der Waals surface area (Å²) in [6, 6.07) is 8.79. The Morgan fingerprint density at radius 1 is 1.02 bits per heavy atom. The minimum Gasteiger partial charge on any atom is -0.494 e. The number of morpholine rings is 1. The summed E-state index contributed by atoms with van der Waals surface area (Å²) >= 11 is 0. The van der Waals surface area contributed by atoms with Crippen molar-refractivity contribution in [1.82, 2.24) is 14.9 Å². The van der Waals surface area contributed by atoms with Crippen LogP contribution >= 0.6 is 0 Å². The van der Waals surface area contributed by atoms with Crippen LogP contribution in [0, 0.1) is 11.6 Å². The SMILES string of the molecule is C=CC(=O)Nc1cc(Nc2cc(N3OCC[C@@H]3c3cc(F)cc(F)c3)ncn2)c(OC)cc1N1CC[C@@H](N2CCOCC2)C1. The van der Waals surface area contributed by atoms with Crippen LogP contribution in [0.4, 0.5) is 37.5 Å². The van der Waals surface area contributed by atoms with E-state index in [4.69, 9.17) is 14.3 Å². The largest absolute Gasteiger partial charge is 0.494 e. The van der Waals surface area contributed by atoms with Crippen LogP contribution in [-0.2, 0) is 14.4 Å². The lowest BCUT2D eigenvalue weighted by Gasteiger charge is -2.32. The molecule has 2 N–H and O–H groups in total. The van der Waals surface area contributed by atoms with E-state index in [0.717, 1.165) is 57.6 Å². The molecule has 3 aromatic rings. The summed E-state index contributed by atoms with van der Waals surface area (Å²) < 4.78 is 39.2.